The van der Waals surface area contributed by atoms with Crippen molar-refractivity contribution in [3.05, 3.63) is 54.1 Å². The smallest absolute Gasteiger partial charge is 0.326 e. The first-order chi connectivity index (χ1) is 20.9. The molecule has 0 radical (unpaired) electrons. The van der Waals surface area contributed by atoms with Gasteiger partial charge in [-0.2, -0.15) is 0 Å². The quantitative estimate of drug-likeness (QED) is 0.169. The number of imidazole rings is 1. The summed E-state index contributed by atoms with van der Waals surface area (Å²) in [6.45, 7) is 7.83. The summed E-state index contributed by atoms with van der Waals surface area (Å²) in [5, 5.41) is 17.8. The van der Waals surface area contributed by atoms with Crippen molar-refractivity contribution in [2.24, 2.45) is 17.6 Å². The normalized spacial score (nSPS) is 17.5. The molecule has 13 heteroatoms. The first-order valence-corrected chi connectivity index (χ1v) is 15.1. The minimum Gasteiger partial charge on any atom is -0.480 e. The highest BCUT2D eigenvalue weighted by Gasteiger charge is 2.38. The van der Waals surface area contributed by atoms with Crippen LogP contribution in [0.3, 0.4) is 0 Å². The molecule has 1 saturated heterocycles. The zero-order chi connectivity index (χ0) is 32.4. The second-order valence-electron chi connectivity index (χ2n) is 12.1. The van der Waals surface area contributed by atoms with Crippen molar-refractivity contribution < 1.29 is 29.1 Å². The molecule has 4 amide bonds. The first kappa shape index (κ1) is 34.2. The van der Waals surface area contributed by atoms with Crippen LogP contribution in [0.2, 0.25) is 0 Å². The minimum atomic E-state index is -1.25. The highest BCUT2D eigenvalue weighted by Crippen LogP contribution is 2.20. The Bertz CT molecular complexity index is 1270. The molecule has 7 N–H and O–H groups in total. The fourth-order valence-corrected chi connectivity index (χ4v) is 5.17. The number of hydrogen-bond donors (Lipinski definition) is 6. The molecule has 1 aliphatic heterocycles. The summed E-state index contributed by atoms with van der Waals surface area (Å²) >= 11 is 0. The number of aromatic amines is 1. The van der Waals surface area contributed by atoms with Crippen LogP contribution in [0.15, 0.2) is 42.9 Å². The molecule has 1 fully saturated rings. The summed E-state index contributed by atoms with van der Waals surface area (Å²) in [5.41, 5.74) is 7.41. The molecule has 44 heavy (non-hydrogen) atoms. The van der Waals surface area contributed by atoms with E-state index < -0.39 is 53.9 Å². The van der Waals surface area contributed by atoms with Gasteiger partial charge in [-0.3, -0.25) is 19.2 Å². The average Bonchev–Trinajstić information content (AvgIpc) is 3.68. The Morgan fingerprint density at radius 3 is 2.23 bits per heavy atom. The van der Waals surface area contributed by atoms with E-state index in [0.29, 0.717) is 25.1 Å². The molecular formula is C31H45N7O6. The molecule has 0 aliphatic carbocycles. The van der Waals surface area contributed by atoms with Gasteiger partial charge in [0.05, 0.1) is 12.4 Å². The lowest BCUT2D eigenvalue weighted by molar-refractivity contribution is -0.142. The number of amides is 4. The molecule has 1 aliphatic rings. The Morgan fingerprint density at radius 2 is 1.64 bits per heavy atom. The van der Waals surface area contributed by atoms with Gasteiger partial charge in [0.1, 0.15) is 24.2 Å². The lowest BCUT2D eigenvalue weighted by atomic mass is 10.00. The second-order valence-corrected chi connectivity index (χ2v) is 12.1. The lowest BCUT2D eigenvalue weighted by Crippen LogP contribution is -2.59. The third-order valence-electron chi connectivity index (χ3n) is 7.69. The first-order valence-electron chi connectivity index (χ1n) is 15.1. The number of nitrogens with one attached hydrogen (secondary N) is 4. The number of nitrogens with two attached hydrogens (primary N) is 1. The highest BCUT2D eigenvalue weighted by molar-refractivity contribution is 5.95. The van der Waals surface area contributed by atoms with Crippen molar-refractivity contribution in [2.45, 2.75) is 90.0 Å². The van der Waals surface area contributed by atoms with Crippen molar-refractivity contribution in [1.82, 2.24) is 30.8 Å². The van der Waals surface area contributed by atoms with E-state index in [9.17, 15) is 29.1 Å². The molecule has 0 unspecified atom stereocenters. The van der Waals surface area contributed by atoms with Crippen LogP contribution in [-0.2, 0) is 36.8 Å². The molecule has 0 bridgehead atoms. The minimum absolute atomic E-state index is 0.0207. The Kier molecular flexibility index (Phi) is 12.4. The average molecular weight is 612 g/mol. The maximum absolute atomic E-state index is 13.7. The third kappa shape index (κ3) is 9.63. The number of aromatic nitrogens is 2. The molecule has 1 aromatic carbocycles. The standard InChI is InChI=1S/C31H45N7O6/c1-18(2)13-22(27(39)37-24(31(43)44)15-21-16-33-17-34-21)35-28(40)23(14-20-9-6-5-7-10-20)36-29(41)25-11-8-12-38(25)30(42)26(32)19(3)4/h5-7,9-10,16-19,22-26H,8,11-15,32H2,1-4H3,(H,33,34)(H,35,40)(H,36,41)(H,37,39)(H,43,44)/t22-,23-,24-,25-,26-/m0/s1. The number of carbonyl (C=O) groups is 5. The number of nitrogens with zero attached hydrogens (tertiary/aromatic N) is 2. The third-order valence-corrected chi connectivity index (χ3v) is 7.69. The number of hydrogen-bond acceptors (Lipinski definition) is 7. The summed E-state index contributed by atoms with van der Waals surface area (Å²) in [7, 11) is 0. The lowest BCUT2D eigenvalue weighted by Gasteiger charge is -2.30. The van der Waals surface area contributed by atoms with Crippen LogP contribution < -0.4 is 21.7 Å². The van der Waals surface area contributed by atoms with Crippen molar-refractivity contribution >= 4 is 29.6 Å². The molecule has 0 saturated carbocycles. The van der Waals surface area contributed by atoms with Crippen LogP contribution >= 0.6 is 0 Å². The maximum atomic E-state index is 13.7. The number of aliphatic carboxylic acids is 1. The van der Waals surface area contributed by atoms with Crippen LogP contribution in [0.5, 0.6) is 0 Å². The van der Waals surface area contributed by atoms with E-state index in [-0.39, 0.29) is 37.0 Å². The van der Waals surface area contributed by atoms with E-state index >= 15 is 0 Å². The fourth-order valence-electron chi connectivity index (χ4n) is 5.17. The molecule has 1 aromatic heterocycles. The van der Waals surface area contributed by atoms with Gasteiger partial charge in [-0.15, -0.1) is 0 Å². The molecule has 5 atom stereocenters. The molecular weight excluding hydrogens is 566 g/mol. The van der Waals surface area contributed by atoms with Gasteiger partial charge >= 0.3 is 5.97 Å². The van der Waals surface area contributed by atoms with Crippen LogP contribution in [0.1, 0.15) is 58.2 Å². The summed E-state index contributed by atoms with van der Waals surface area (Å²) in [5.74, 6) is -3.39. The Morgan fingerprint density at radius 1 is 0.977 bits per heavy atom. The summed E-state index contributed by atoms with van der Waals surface area (Å²) in [6.07, 6.45) is 4.31. The molecule has 2 heterocycles. The monoisotopic (exact) mass is 611 g/mol. The van der Waals surface area contributed by atoms with Gasteiger partial charge in [-0.1, -0.05) is 58.0 Å². The van der Waals surface area contributed by atoms with Crippen LogP contribution in [0.25, 0.3) is 0 Å². The van der Waals surface area contributed by atoms with Gasteiger partial charge in [0.2, 0.25) is 23.6 Å². The van der Waals surface area contributed by atoms with Gasteiger partial charge < -0.3 is 36.7 Å². The van der Waals surface area contributed by atoms with Crippen molar-refractivity contribution in [1.29, 1.82) is 0 Å². The van der Waals surface area contributed by atoms with Crippen molar-refractivity contribution in [3.8, 4) is 0 Å². The van der Waals surface area contributed by atoms with Crippen LogP contribution in [-0.4, -0.2) is 86.3 Å². The topological polar surface area (TPSA) is 200 Å². The maximum Gasteiger partial charge on any atom is 0.326 e. The predicted octanol–water partition coefficient (Wildman–Crippen LogP) is 0.754. The number of carboxylic acids is 1. The fraction of sp³-hybridized carbons (Fsp3) is 0.548. The molecule has 3 rings (SSSR count). The number of rotatable bonds is 15. The van der Waals surface area contributed by atoms with Gasteiger partial charge in [-0.05, 0) is 36.7 Å². The summed E-state index contributed by atoms with van der Waals surface area (Å²) in [4.78, 5) is 73.8. The molecule has 2 aromatic rings. The van der Waals surface area contributed by atoms with E-state index in [1.807, 2.05) is 58.0 Å². The Labute approximate surface area is 257 Å². The number of carbonyl (C=O) groups excluding carboxylic acids is 4. The Hall–Kier alpha value is -4.26. The second kappa shape index (κ2) is 16.0. The number of H-pyrrole nitrogens is 1. The predicted molar refractivity (Wildman–Crippen MR) is 163 cm³/mol. The zero-order valence-corrected chi connectivity index (χ0v) is 25.8. The van der Waals surface area contributed by atoms with E-state index in [2.05, 4.69) is 25.9 Å². The molecule has 13 nitrogen and oxygen atoms in total. The highest BCUT2D eigenvalue weighted by atomic mass is 16.4. The van der Waals surface area contributed by atoms with Gasteiger partial charge in [-0.25, -0.2) is 9.78 Å². The zero-order valence-electron chi connectivity index (χ0n) is 25.8. The van der Waals surface area contributed by atoms with Crippen molar-refractivity contribution in [3.63, 3.8) is 0 Å². The molecule has 240 valence electrons. The van der Waals surface area contributed by atoms with Gasteiger partial charge in [0.25, 0.3) is 0 Å². The van der Waals surface area contributed by atoms with Gasteiger partial charge in [0, 0.05) is 31.3 Å². The SMILES string of the molecule is CC(C)C[C@H](NC(=O)[C@H](Cc1ccccc1)NC(=O)[C@@H]1CCCN1C(=O)[C@@H](N)C(C)C)C(=O)N[C@@H](Cc1cnc[nH]1)C(=O)O. The van der Waals surface area contributed by atoms with Crippen LogP contribution in [0.4, 0.5) is 0 Å². The molecule has 0 spiro atoms. The van der Waals surface area contributed by atoms with E-state index in [1.54, 1.807) is 0 Å². The summed E-state index contributed by atoms with van der Waals surface area (Å²) < 4.78 is 0. The largest absolute Gasteiger partial charge is 0.480 e. The van der Waals surface area contributed by atoms with Gasteiger partial charge in [0.15, 0.2) is 0 Å². The van der Waals surface area contributed by atoms with E-state index in [1.165, 1.54) is 17.4 Å². The van der Waals surface area contributed by atoms with Crippen LogP contribution in [0, 0.1) is 11.8 Å². The number of carboxylic acid groups (broad SMARTS) is 1. The van der Waals surface area contributed by atoms with E-state index in [0.717, 1.165) is 5.56 Å². The summed E-state index contributed by atoms with van der Waals surface area (Å²) in [6, 6.07) is 4.22. The van der Waals surface area contributed by atoms with Crippen molar-refractivity contribution in [2.75, 3.05) is 6.54 Å². The number of benzene rings is 1. The van der Waals surface area contributed by atoms with E-state index in [4.69, 9.17) is 5.73 Å². The Balaban J connectivity index is 1.79. The number of likely N-dealkylation sites (tertiary alicyclic amines) is 1.